The van der Waals surface area contributed by atoms with Gasteiger partial charge in [0.1, 0.15) is 11.6 Å². The summed E-state index contributed by atoms with van der Waals surface area (Å²) in [5.41, 5.74) is 0.790. The Hall–Kier alpha value is -2.38. The number of carbonyl (C=O) groups is 2. The first-order valence-electron chi connectivity index (χ1n) is 9.91. The average molecular weight is 418 g/mol. The molecule has 1 saturated carbocycles. The number of carboxylic acids is 1. The number of para-hydroxylation sites is 1. The van der Waals surface area contributed by atoms with Gasteiger partial charge < -0.3 is 14.6 Å². The molecule has 0 bridgehead atoms. The van der Waals surface area contributed by atoms with Crippen LogP contribution in [0.4, 0.5) is 15.5 Å². The van der Waals surface area contributed by atoms with Crippen molar-refractivity contribution in [3.8, 4) is 0 Å². The number of carboxylic acid groups (broad SMARTS) is 1. The molecule has 1 amide bonds. The predicted octanol–water partition coefficient (Wildman–Crippen LogP) is 5.24. The van der Waals surface area contributed by atoms with Crippen LogP contribution in [0.3, 0.4) is 0 Å². The van der Waals surface area contributed by atoms with Crippen molar-refractivity contribution < 1.29 is 24.2 Å². The van der Waals surface area contributed by atoms with Crippen molar-refractivity contribution in [3.05, 3.63) is 47.3 Å². The molecule has 156 valence electrons. The lowest BCUT2D eigenvalue weighted by atomic mass is 9.83. The third-order valence-electron chi connectivity index (χ3n) is 5.13. The highest BCUT2D eigenvalue weighted by molar-refractivity contribution is 7.16. The first kappa shape index (κ1) is 21.3. The number of anilines is 2. The third kappa shape index (κ3) is 6.30. The van der Waals surface area contributed by atoms with Crippen molar-refractivity contribution in [2.45, 2.75) is 32.6 Å². The van der Waals surface area contributed by atoms with Gasteiger partial charge in [0.2, 0.25) is 0 Å². The first-order valence-corrected chi connectivity index (χ1v) is 10.7. The first-order chi connectivity index (χ1) is 14.0. The molecule has 0 aliphatic heterocycles. The lowest BCUT2D eigenvalue weighted by Crippen LogP contribution is -2.29. The number of hydrogen-bond donors (Lipinski definition) is 1. The highest BCUT2D eigenvalue weighted by Crippen LogP contribution is 2.33. The minimum absolute atomic E-state index is 0.241. The van der Waals surface area contributed by atoms with Gasteiger partial charge in [-0.1, -0.05) is 18.2 Å². The number of carbonyl (C=O) groups excluding carboxylic acids is 1. The molecule has 7 heteroatoms. The summed E-state index contributed by atoms with van der Waals surface area (Å²) in [7, 11) is 0. The van der Waals surface area contributed by atoms with Gasteiger partial charge in [-0.05, 0) is 68.7 Å². The van der Waals surface area contributed by atoms with Gasteiger partial charge in [0.25, 0.3) is 0 Å². The van der Waals surface area contributed by atoms with Crippen LogP contribution in [0.5, 0.6) is 0 Å². The summed E-state index contributed by atoms with van der Waals surface area (Å²) in [5.74, 6) is -0.219. The van der Waals surface area contributed by atoms with E-state index in [1.54, 1.807) is 16.2 Å². The number of rotatable bonds is 8. The van der Waals surface area contributed by atoms with Crippen molar-refractivity contribution in [2.75, 3.05) is 24.7 Å². The van der Waals surface area contributed by atoms with Gasteiger partial charge in [-0.3, -0.25) is 0 Å². The second kappa shape index (κ2) is 10.4. The molecular formula is C22H27NO5S. The van der Waals surface area contributed by atoms with Crippen LogP contribution in [0.1, 0.15) is 30.6 Å². The van der Waals surface area contributed by atoms with Gasteiger partial charge in [-0.2, -0.15) is 0 Å². The van der Waals surface area contributed by atoms with Crippen LogP contribution in [-0.2, 0) is 14.3 Å². The number of aryl methyl sites for hydroxylation is 1. The smallest absolute Gasteiger partial charge is 0.419 e. The van der Waals surface area contributed by atoms with Crippen LogP contribution in [0.25, 0.3) is 0 Å². The Morgan fingerprint density at radius 3 is 2.28 bits per heavy atom. The van der Waals surface area contributed by atoms with Gasteiger partial charge >= 0.3 is 12.1 Å². The minimum atomic E-state index is -0.936. The van der Waals surface area contributed by atoms with Crippen LogP contribution >= 0.6 is 11.3 Å². The molecule has 0 atom stereocenters. The van der Waals surface area contributed by atoms with Crippen molar-refractivity contribution in [3.63, 3.8) is 0 Å². The normalized spacial score (nSPS) is 18.9. The minimum Gasteiger partial charge on any atom is -0.480 e. The summed E-state index contributed by atoms with van der Waals surface area (Å²) in [6, 6.07) is 13.5. The molecule has 1 aliphatic rings. The molecule has 29 heavy (non-hydrogen) atoms. The number of amides is 1. The number of ether oxygens (including phenoxy) is 2. The molecule has 1 aromatic heterocycles. The zero-order valence-corrected chi connectivity index (χ0v) is 17.4. The standard InChI is InChI=1S/C22H27NO5S/c1-16-7-12-20(29-16)23(19-5-3-2-4-6-19)22(26)28-14-18-10-8-17(9-11-18)13-27-15-21(24)25/h2-7,12,17-18H,8-11,13-15H2,1H3,(H,24,25). The fourth-order valence-corrected chi connectivity index (χ4v) is 4.45. The van der Waals surface area contributed by atoms with E-state index in [1.165, 1.54) is 0 Å². The van der Waals surface area contributed by atoms with E-state index in [1.807, 2.05) is 49.4 Å². The molecule has 1 heterocycles. The van der Waals surface area contributed by atoms with E-state index in [2.05, 4.69) is 0 Å². The van der Waals surface area contributed by atoms with Crippen molar-refractivity contribution in [1.82, 2.24) is 0 Å². The van der Waals surface area contributed by atoms with Crippen molar-refractivity contribution in [2.24, 2.45) is 11.8 Å². The highest BCUT2D eigenvalue weighted by atomic mass is 32.1. The summed E-state index contributed by atoms with van der Waals surface area (Å²) >= 11 is 1.56. The Morgan fingerprint density at radius 2 is 1.69 bits per heavy atom. The van der Waals surface area contributed by atoms with Gasteiger partial charge in [0.05, 0.1) is 18.9 Å². The number of nitrogens with zero attached hydrogens (tertiary/aromatic N) is 1. The number of thiophene rings is 1. The topological polar surface area (TPSA) is 76.1 Å². The van der Waals surface area contributed by atoms with Gasteiger partial charge in [0.15, 0.2) is 0 Å². The highest BCUT2D eigenvalue weighted by Gasteiger charge is 2.25. The van der Waals surface area contributed by atoms with E-state index in [-0.39, 0.29) is 12.7 Å². The Balaban J connectivity index is 1.51. The van der Waals surface area contributed by atoms with E-state index in [0.29, 0.717) is 25.0 Å². The van der Waals surface area contributed by atoms with Gasteiger partial charge in [-0.25, -0.2) is 14.5 Å². The zero-order chi connectivity index (χ0) is 20.6. The maximum absolute atomic E-state index is 12.9. The Labute approximate surface area is 175 Å². The van der Waals surface area contributed by atoms with Crippen LogP contribution in [0.15, 0.2) is 42.5 Å². The van der Waals surface area contributed by atoms with E-state index in [9.17, 15) is 9.59 Å². The fraction of sp³-hybridized carbons (Fsp3) is 0.455. The summed E-state index contributed by atoms with van der Waals surface area (Å²) < 4.78 is 10.9. The number of hydrogen-bond acceptors (Lipinski definition) is 5. The fourth-order valence-electron chi connectivity index (χ4n) is 3.57. The summed E-state index contributed by atoms with van der Waals surface area (Å²) in [4.78, 5) is 26.2. The number of aliphatic carboxylic acids is 1. The zero-order valence-electron chi connectivity index (χ0n) is 16.6. The van der Waals surface area contributed by atoms with Crippen LogP contribution < -0.4 is 4.90 Å². The molecule has 0 radical (unpaired) electrons. The van der Waals surface area contributed by atoms with Crippen molar-refractivity contribution >= 4 is 34.1 Å². The largest absolute Gasteiger partial charge is 0.480 e. The van der Waals surface area contributed by atoms with Crippen LogP contribution in [-0.4, -0.2) is 37.0 Å². The third-order valence-corrected chi connectivity index (χ3v) is 6.12. The molecule has 0 spiro atoms. The van der Waals surface area contributed by atoms with E-state index < -0.39 is 5.97 Å². The Morgan fingerprint density at radius 1 is 1.03 bits per heavy atom. The number of benzene rings is 1. The average Bonchev–Trinajstić information content (AvgIpc) is 3.14. The van der Waals surface area contributed by atoms with Crippen molar-refractivity contribution in [1.29, 1.82) is 0 Å². The molecule has 0 saturated heterocycles. The Bertz CT molecular complexity index is 799. The van der Waals surface area contributed by atoms with E-state index >= 15 is 0 Å². The molecule has 1 aromatic carbocycles. The quantitative estimate of drug-likeness (QED) is 0.636. The molecule has 2 aromatic rings. The lowest BCUT2D eigenvalue weighted by molar-refractivity contribution is -0.142. The lowest BCUT2D eigenvalue weighted by Gasteiger charge is -2.28. The molecule has 3 rings (SSSR count). The monoisotopic (exact) mass is 417 g/mol. The molecule has 1 N–H and O–H groups in total. The second-order valence-corrected chi connectivity index (χ2v) is 8.69. The Kier molecular flexibility index (Phi) is 7.66. The molecule has 1 aliphatic carbocycles. The maximum atomic E-state index is 12.9. The van der Waals surface area contributed by atoms with Gasteiger partial charge in [0, 0.05) is 4.88 Å². The van der Waals surface area contributed by atoms with E-state index in [4.69, 9.17) is 14.6 Å². The molecule has 0 unspecified atom stereocenters. The molecule has 1 fully saturated rings. The predicted molar refractivity (Wildman–Crippen MR) is 113 cm³/mol. The molecule has 6 nitrogen and oxygen atoms in total. The van der Waals surface area contributed by atoms with Gasteiger partial charge in [-0.15, -0.1) is 11.3 Å². The molecular weight excluding hydrogens is 390 g/mol. The SMILES string of the molecule is Cc1ccc(N(C(=O)OCC2CCC(COCC(=O)O)CC2)c2ccccc2)s1. The van der Waals surface area contributed by atoms with Crippen LogP contribution in [0.2, 0.25) is 0 Å². The van der Waals surface area contributed by atoms with E-state index in [0.717, 1.165) is 41.2 Å². The van der Waals surface area contributed by atoms with Crippen LogP contribution in [0, 0.1) is 18.8 Å². The summed E-state index contributed by atoms with van der Waals surface area (Å²) in [6.45, 7) is 2.66. The second-order valence-electron chi connectivity index (χ2n) is 7.43. The summed E-state index contributed by atoms with van der Waals surface area (Å²) in [6.07, 6.45) is 3.49. The maximum Gasteiger partial charge on any atom is 0.419 e. The summed E-state index contributed by atoms with van der Waals surface area (Å²) in [5, 5.41) is 9.49.